The highest BCUT2D eigenvalue weighted by atomic mass is 19.1. The van der Waals surface area contributed by atoms with Gasteiger partial charge >= 0.3 is 5.97 Å². The summed E-state index contributed by atoms with van der Waals surface area (Å²) in [7, 11) is 3.06. The number of rotatable bonds is 8. The van der Waals surface area contributed by atoms with Crippen LogP contribution >= 0.6 is 0 Å². The van der Waals surface area contributed by atoms with Crippen LogP contribution in [0.5, 0.6) is 5.75 Å². The van der Waals surface area contributed by atoms with Crippen molar-refractivity contribution in [1.29, 1.82) is 0 Å². The summed E-state index contributed by atoms with van der Waals surface area (Å²) < 4.78 is 22.1. The van der Waals surface area contributed by atoms with Crippen LogP contribution in [0.3, 0.4) is 0 Å². The van der Waals surface area contributed by atoms with E-state index in [9.17, 15) is 14.7 Å². The Hall–Kier alpha value is -4.28. The van der Waals surface area contributed by atoms with Gasteiger partial charge in [-0.25, -0.2) is 14.2 Å². The molecule has 1 atom stereocenters. The molecule has 3 aromatic rings. The lowest BCUT2D eigenvalue weighted by Gasteiger charge is -2.19. The molecular formula is C26H26FN5O5. The Morgan fingerprint density at radius 2 is 2.03 bits per heavy atom. The number of oxime groups is 1. The number of pyridine rings is 2. The van der Waals surface area contributed by atoms with Gasteiger partial charge in [-0.3, -0.25) is 9.79 Å². The summed E-state index contributed by atoms with van der Waals surface area (Å²) in [6.45, 7) is 1.10. The topological polar surface area (TPSA) is 119 Å². The van der Waals surface area contributed by atoms with E-state index >= 15 is 4.39 Å². The second kappa shape index (κ2) is 10.00. The number of hydrogen-bond acceptors (Lipinski definition) is 8. The van der Waals surface area contributed by atoms with Crippen LogP contribution in [0.2, 0.25) is 0 Å². The number of aromatic nitrogens is 2. The molecule has 1 aromatic carbocycles. The lowest BCUT2D eigenvalue weighted by molar-refractivity contribution is 0.0695. The first-order chi connectivity index (χ1) is 17.9. The molecular weight excluding hydrogens is 481 g/mol. The molecule has 1 aliphatic heterocycles. The molecule has 1 aliphatic carbocycles. The molecule has 1 saturated carbocycles. The fourth-order valence-corrected chi connectivity index (χ4v) is 4.52. The highest BCUT2D eigenvalue weighted by molar-refractivity contribution is 5.95. The molecule has 1 N–H and O–H groups in total. The van der Waals surface area contributed by atoms with Crippen LogP contribution in [0, 0.1) is 11.7 Å². The lowest BCUT2D eigenvalue weighted by atomic mass is 10.1. The zero-order valence-electron chi connectivity index (χ0n) is 20.4. The van der Waals surface area contributed by atoms with Crippen molar-refractivity contribution in [2.24, 2.45) is 16.1 Å². The van der Waals surface area contributed by atoms with Crippen molar-refractivity contribution in [2.45, 2.75) is 18.9 Å². The van der Waals surface area contributed by atoms with Gasteiger partial charge in [-0.05, 0) is 48.7 Å². The van der Waals surface area contributed by atoms with E-state index in [4.69, 9.17) is 9.57 Å². The molecule has 0 radical (unpaired) electrons. The third-order valence-corrected chi connectivity index (χ3v) is 6.56. The molecule has 3 heterocycles. The second-order valence-corrected chi connectivity index (χ2v) is 9.09. The number of hydrogen-bond donors (Lipinski definition) is 1. The van der Waals surface area contributed by atoms with E-state index in [0.29, 0.717) is 18.8 Å². The number of aliphatic imine (C=N–C) groups is 1. The number of halogens is 1. The number of nitrogens with zero attached hydrogens (tertiary/aromatic N) is 5. The van der Waals surface area contributed by atoms with Crippen molar-refractivity contribution < 1.29 is 23.9 Å². The van der Waals surface area contributed by atoms with Crippen molar-refractivity contribution in [2.75, 3.05) is 38.8 Å². The molecule has 0 bridgehead atoms. The van der Waals surface area contributed by atoms with Gasteiger partial charge in [-0.15, -0.1) is 0 Å². The molecule has 0 amide bonds. The number of benzene rings is 1. The molecule has 2 aromatic heterocycles. The maximum Gasteiger partial charge on any atom is 0.341 e. The smallest absolute Gasteiger partial charge is 0.341 e. The zero-order chi connectivity index (χ0) is 26.1. The Morgan fingerprint density at radius 1 is 1.27 bits per heavy atom. The lowest BCUT2D eigenvalue weighted by Crippen LogP contribution is -2.25. The van der Waals surface area contributed by atoms with Crippen LogP contribution in [0.25, 0.3) is 11.0 Å². The van der Waals surface area contributed by atoms with Crippen molar-refractivity contribution in [3.05, 3.63) is 63.7 Å². The molecule has 10 nitrogen and oxygen atoms in total. The predicted octanol–water partition coefficient (Wildman–Crippen LogP) is 3.14. The molecule has 1 unspecified atom stereocenters. The SMILES string of the molecule is CON=C1CN(c2nc3c(cc2F)c(=O)c(C(=O)O)cn3C2CC2)CC1CN=Cc1ccc(OC)cc1. The van der Waals surface area contributed by atoms with E-state index in [1.165, 1.54) is 13.3 Å². The molecule has 2 fully saturated rings. The van der Waals surface area contributed by atoms with E-state index in [1.54, 1.807) is 22.8 Å². The van der Waals surface area contributed by atoms with Crippen molar-refractivity contribution >= 4 is 34.7 Å². The third-order valence-electron chi connectivity index (χ3n) is 6.56. The van der Waals surface area contributed by atoms with Gasteiger partial charge in [0, 0.05) is 37.5 Å². The first kappa shape index (κ1) is 24.4. The third kappa shape index (κ3) is 4.89. The van der Waals surface area contributed by atoms with Gasteiger partial charge in [-0.1, -0.05) is 5.16 Å². The number of anilines is 1. The van der Waals surface area contributed by atoms with Crippen molar-refractivity contribution in [3.8, 4) is 5.75 Å². The Balaban J connectivity index is 1.44. The number of carboxylic acid groups (broad SMARTS) is 1. The summed E-state index contributed by atoms with van der Waals surface area (Å²) >= 11 is 0. The van der Waals surface area contributed by atoms with Crippen LogP contribution in [0.4, 0.5) is 10.2 Å². The van der Waals surface area contributed by atoms with E-state index in [1.807, 2.05) is 24.3 Å². The van der Waals surface area contributed by atoms with E-state index < -0.39 is 17.2 Å². The second-order valence-electron chi connectivity index (χ2n) is 9.09. The summed E-state index contributed by atoms with van der Waals surface area (Å²) in [5.74, 6) is -1.34. The maximum atomic E-state index is 15.3. The molecule has 37 heavy (non-hydrogen) atoms. The standard InChI is InChI=1S/C26H26FN5O5/c1-36-18-7-3-15(4-8-18)10-28-11-16-12-31(14-22(16)30-37-2)25-21(27)9-19-23(33)20(26(34)35)13-32(17-5-6-17)24(19)29-25/h3-4,7-10,13,16-17H,5-6,11-12,14H2,1-2H3,(H,34,35). The highest BCUT2D eigenvalue weighted by Crippen LogP contribution is 2.37. The minimum atomic E-state index is -1.34. The summed E-state index contributed by atoms with van der Waals surface area (Å²) in [4.78, 5) is 40.2. The predicted molar refractivity (Wildman–Crippen MR) is 137 cm³/mol. The largest absolute Gasteiger partial charge is 0.497 e. The van der Waals surface area contributed by atoms with Crippen LogP contribution in [-0.2, 0) is 4.84 Å². The van der Waals surface area contributed by atoms with Gasteiger partial charge in [0.05, 0.1) is 24.8 Å². The maximum absolute atomic E-state index is 15.3. The number of methoxy groups -OCH3 is 1. The summed E-state index contributed by atoms with van der Waals surface area (Å²) in [6.07, 6.45) is 4.76. The zero-order valence-corrected chi connectivity index (χ0v) is 20.4. The Labute approximate surface area is 211 Å². The Kier molecular flexibility index (Phi) is 6.60. The highest BCUT2D eigenvalue weighted by Gasteiger charge is 2.33. The van der Waals surface area contributed by atoms with Crippen LogP contribution < -0.4 is 15.1 Å². The number of carbonyl (C=O) groups is 1. The molecule has 192 valence electrons. The quantitative estimate of drug-likeness (QED) is 0.368. The van der Waals surface area contributed by atoms with Gasteiger partial charge in [-0.2, -0.15) is 0 Å². The molecule has 5 rings (SSSR count). The first-order valence-electron chi connectivity index (χ1n) is 11.9. The minimum absolute atomic E-state index is 0.0382. The van der Waals surface area contributed by atoms with Crippen LogP contribution in [0.1, 0.15) is 34.8 Å². The summed E-state index contributed by atoms with van der Waals surface area (Å²) in [5.41, 5.74) is 0.767. The number of fused-ring (bicyclic) bond motifs is 1. The Bertz CT molecular complexity index is 1460. The molecule has 1 saturated heterocycles. The summed E-state index contributed by atoms with van der Waals surface area (Å²) in [6, 6.07) is 8.63. The van der Waals surface area contributed by atoms with Crippen molar-refractivity contribution in [1.82, 2.24) is 9.55 Å². The molecule has 11 heteroatoms. The average Bonchev–Trinajstić information content (AvgIpc) is 3.66. The van der Waals surface area contributed by atoms with Gasteiger partial charge in [0.25, 0.3) is 0 Å². The summed E-state index contributed by atoms with van der Waals surface area (Å²) in [5, 5.41) is 13.5. The van der Waals surface area contributed by atoms with Gasteiger partial charge < -0.3 is 24.1 Å². The van der Waals surface area contributed by atoms with Crippen LogP contribution in [0.15, 0.2) is 51.5 Å². The number of ether oxygens (including phenoxy) is 1. The Morgan fingerprint density at radius 3 is 2.68 bits per heavy atom. The van der Waals surface area contributed by atoms with E-state index in [2.05, 4.69) is 15.1 Å². The molecule has 0 spiro atoms. The van der Waals surface area contributed by atoms with Gasteiger partial charge in [0.1, 0.15) is 24.1 Å². The average molecular weight is 508 g/mol. The van der Waals surface area contributed by atoms with E-state index in [-0.39, 0.29) is 40.9 Å². The monoisotopic (exact) mass is 507 g/mol. The first-order valence-corrected chi connectivity index (χ1v) is 11.9. The van der Waals surface area contributed by atoms with Gasteiger partial charge in [0.15, 0.2) is 11.6 Å². The normalized spacial score (nSPS) is 18.7. The fraction of sp³-hybridized carbons (Fsp3) is 0.346. The number of carboxylic acids is 1. The van der Waals surface area contributed by atoms with E-state index in [0.717, 1.165) is 30.2 Å². The van der Waals surface area contributed by atoms with Crippen molar-refractivity contribution in [3.63, 3.8) is 0 Å². The van der Waals surface area contributed by atoms with Gasteiger partial charge in [0.2, 0.25) is 5.43 Å². The minimum Gasteiger partial charge on any atom is -0.497 e. The fourth-order valence-electron chi connectivity index (χ4n) is 4.52. The number of aromatic carboxylic acids is 1. The molecule has 2 aliphatic rings. The van der Waals surface area contributed by atoms with Crippen LogP contribution in [-0.4, -0.2) is 66.4 Å².